The number of benzene rings is 1. The van der Waals surface area contributed by atoms with Crippen molar-refractivity contribution in [2.45, 2.75) is 38.3 Å². The fraction of sp³-hybridized carbons (Fsp3) is 0.444. The Bertz CT molecular complexity index is 688. The molecule has 6 nitrogen and oxygen atoms in total. The van der Waals surface area contributed by atoms with Gasteiger partial charge in [0.05, 0.1) is 6.10 Å². The Morgan fingerprint density at radius 3 is 2.84 bits per heavy atom. The molecule has 1 aliphatic rings. The number of aliphatic hydroxyl groups excluding tert-OH is 1. The van der Waals surface area contributed by atoms with Crippen LogP contribution in [0.3, 0.4) is 0 Å². The fourth-order valence-corrected chi connectivity index (χ4v) is 3.19. The minimum Gasteiger partial charge on any atom is -0.393 e. The first-order chi connectivity index (χ1) is 11.6. The highest BCUT2D eigenvalue weighted by molar-refractivity contribution is 5.94. The molecule has 2 aromatic rings. The summed E-state index contributed by atoms with van der Waals surface area (Å²) >= 11 is 0. The Hall–Kier alpha value is -1.89. The zero-order valence-corrected chi connectivity index (χ0v) is 15.1. The van der Waals surface area contributed by atoms with Gasteiger partial charge in [-0.3, -0.25) is 9.89 Å². The van der Waals surface area contributed by atoms with Gasteiger partial charge in [-0.25, -0.2) is 0 Å². The molecule has 2 unspecified atom stereocenters. The van der Waals surface area contributed by atoms with E-state index in [-0.39, 0.29) is 24.2 Å². The number of carbonyl (C=O) groups excluding carboxylic acids is 1. The number of aromatic nitrogens is 2. The number of fused-ring (bicyclic) bond motifs is 1. The number of hydrogen-bond donors (Lipinski definition) is 4. The van der Waals surface area contributed by atoms with Gasteiger partial charge in [-0.15, -0.1) is 12.4 Å². The Kier molecular flexibility index (Phi) is 6.99. The molecule has 0 aliphatic carbocycles. The Morgan fingerprint density at radius 2 is 2.12 bits per heavy atom. The zero-order valence-electron chi connectivity index (χ0n) is 14.3. The quantitative estimate of drug-likeness (QED) is 0.628. The number of hydrogen-bond acceptors (Lipinski definition) is 4. The first-order valence-corrected chi connectivity index (χ1v) is 8.43. The summed E-state index contributed by atoms with van der Waals surface area (Å²) < 4.78 is 0. The normalized spacial score (nSPS) is 15.6. The van der Waals surface area contributed by atoms with Crippen molar-refractivity contribution in [1.29, 1.82) is 0 Å². The largest absolute Gasteiger partial charge is 0.393 e. The lowest BCUT2D eigenvalue weighted by Crippen LogP contribution is -2.32. The minimum atomic E-state index is -0.422. The van der Waals surface area contributed by atoms with E-state index < -0.39 is 6.10 Å². The van der Waals surface area contributed by atoms with Gasteiger partial charge in [0.1, 0.15) is 0 Å². The van der Waals surface area contributed by atoms with Crippen molar-refractivity contribution in [3.63, 3.8) is 0 Å². The van der Waals surface area contributed by atoms with Gasteiger partial charge in [-0.05, 0) is 18.9 Å². The highest BCUT2D eigenvalue weighted by Gasteiger charge is 2.22. The van der Waals surface area contributed by atoms with Crippen molar-refractivity contribution >= 4 is 18.3 Å². The lowest BCUT2D eigenvalue weighted by atomic mass is 9.93. The van der Waals surface area contributed by atoms with Gasteiger partial charge in [0, 0.05) is 43.2 Å². The summed E-state index contributed by atoms with van der Waals surface area (Å²) in [5.74, 6) is -0.0919. The number of halogens is 1. The van der Waals surface area contributed by atoms with E-state index in [1.54, 1.807) is 6.92 Å². The molecule has 4 N–H and O–H groups in total. The molecular weight excluding hydrogens is 340 g/mol. The van der Waals surface area contributed by atoms with Crippen LogP contribution in [0, 0.1) is 0 Å². The molecule has 0 radical (unpaired) electrons. The molecule has 0 saturated carbocycles. The molecule has 1 amide bonds. The smallest absolute Gasteiger partial charge is 0.272 e. The van der Waals surface area contributed by atoms with E-state index in [4.69, 9.17) is 0 Å². The van der Waals surface area contributed by atoms with E-state index in [1.807, 2.05) is 30.3 Å². The summed E-state index contributed by atoms with van der Waals surface area (Å²) in [5.41, 5.74) is 3.60. The highest BCUT2D eigenvalue weighted by Crippen LogP contribution is 2.21. The summed E-state index contributed by atoms with van der Waals surface area (Å²) in [6.45, 7) is 3.82. The van der Waals surface area contributed by atoms with Crippen molar-refractivity contribution in [3.8, 4) is 0 Å². The molecule has 0 spiro atoms. The van der Waals surface area contributed by atoms with Crippen LogP contribution in [0.4, 0.5) is 0 Å². The molecular formula is C18H25ClN4O2. The number of nitrogens with zero attached hydrogens (tertiary/aromatic N) is 1. The highest BCUT2D eigenvalue weighted by atomic mass is 35.5. The minimum absolute atomic E-state index is 0. The molecule has 2 heterocycles. The average molecular weight is 365 g/mol. The van der Waals surface area contributed by atoms with Crippen LogP contribution in [0.5, 0.6) is 0 Å². The van der Waals surface area contributed by atoms with Crippen LogP contribution >= 0.6 is 12.4 Å². The van der Waals surface area contributed by atoms with Gasteiger partial charge in [0.25, 0.3) is 5.91 Å². The number of rotatable bonds is 6. The van der Waals surface area contributed by atoms with Crippen molar-refractivity contribution in [3.05, 3.63) is 52.8 Å². The van der Waals surface area contributed by atoms with Gasteiger partial charge in [0.2, 0.25) is 0 Å². The maximum Gasteiger partial charge on any atom is 0.272 e. The predicted octanol–water partition coefficient (Wildman–Crippen LogP) is 1.76. The third kappa shape index (κ3) is 4.81. The summed E-state index contributed by atoms with van der Waals surface area (Å²) in [6, 6.07) is 9.97. The van der Waals surface area contributed by atoms with Crippen LogP contribution in [0.2, 0.25) is 0 Å². The van der Waals surface area contributed by atoms with Gasteiger partial charge < -0.3 is 15.7 Å². The SMILES string of the molecule is CC(O)CC(CNC(=O)c1n[nH]c2c1CNCC2)c1ccccc1.Cl. The first-order valence-electron chi connectivity index (χ1n) is 8.43. The number of amides is 1. The maximum atomic E-state index is 12.5. The Labute approximate surface area is 153 Å². The number of aliphatic hydroxyl groups is 1. The van der Waals surface area contributed by atoms with E-state index in [1.165, 1.54) is 0 Å². The number of nitrogens with one attached hydrogen (secondary N) is 3. The van der Waals surface area contributed by atoms with Gasteiger partial charge in [0.15, 0.2) is 5.69 Å². The first kappa shape index (κ1) is 19.4. The van der Waals surface area contributed by atoms with Crippen LogP contribution in [0.15, 0.2) is 30.3 Å². The molecule has 1 aromatic heterocycles. The van der Waals surface area contributed by atoms with Gasteiger partial charge in [-0.1, -0.05) is 30.3 Å². The molecule has 0 bridgehead atoms. The summed E-state index contributed by atoms with van der Waals surface area (Å²) in [5, 5.41) is 23.1. The molecule has 2 atom stereocenters. The molecule has 0 saturated heterocycles. The standard InChI is InChI=1S/C18H24N4O2.ClH/c1-12(23)9-14(13-5-3-2-4-6-13)10-20-18(24)17-15-11-19-8-7-16(15)21-22-17;/h2-6,12,14,19,23H,7-11H2,1H3,(H,20,24)(H,21,22);1H. The Morgan fingerprint density at radius 1 is 1.36 bits per heavy atom. The van der Waals surface area contributed by atoms with Crippen molar-refractivity contribution < 1.29 is 9.90 Å². The molecule has 1 aromatic carbocycles. The van der Waals surface area contributed by atoms with Crippen LogP contribution in [-0.2, 0) is 13.0 Å². The lowest BCUT2D eigenvalue weighted by molar-refractivity contribution is 0.0939. The number of aromatic amines is 1. The van der Waals surface area contributed by atoms with E-state index in [9.17, 15) is 9.90 Å². The summed E-state index contributed by atoms with van der Waals surface area (Å²) in [6.07, 6.45) is 1.05. The molecule has 136 valence electrons. The second-order valence-corrected chi connectivity index (χ2v) is 6.36. The van der Waals surface area contributed by atoms with Gasteiger partial charge in [-0.2, -0.15) is 5.10 Å². The van der Waals surface area contributed by atoms with Gasteiger partial charge >= 0.3 is 0 Å². The van der Waals surface area contributed by atoms with E-state index >= 15 is 0 Å². The number of carbonyl (C=O) groups is 1. The lowest BCUT2D eigenvalue weighted by Gasteiger charge is -2.20. The molecule has 7 heteroatoms. The van der Waals surface area contributed by atoms with Crippen LogP contribution in [-0.4, -0.2) is 40.4 Å². The third-order valence-corrected chi connectivity index (χ3v) is 4.43. The summed E-state index contributed by atoms with van der Waals surface area (Å²) in [7, 11) is 0. The van der Waals surface area contributed by atoms with E-state index in [2.05, 4.69) is 20.8 Å². The van der Waals surface area contributed by atoms with Crippen LogP contribution in [0.1, 0.15) is 46.6 Å². The fourth-order valence-electron chi connectivity index (χ4n) is 3.19. The van der Waals surface area contributed by atoms with Crippen LogP contribution < -0.4 is 10.6 Å². The molecule has 0 fully saturated rings. The van der Waals surface area contributed by atoms with E-state index in [0.717, 1.165) is 29.8 Å². The zero-order chi connectivity index (χ0) is 16.9. The number of H-pyrrole nitrogens is 1. The molecule has 3 rings (SSSR count). The van der Waals surface area contributed by atoms with Crippen molar-refractivity contribution in [1.82, 2.24) is 20.8 Å². The second-order valence-electron chi connectivity index (χ2n) is 6.36. The predicted molar refractivity (Wildman–Crippen MR) is 99.1 cm³/mol. The van der Waals surface area contributed by atoms with Crippen molar-refractivity contribution in [2.24, 2.45) is 0 Å². The maximum absolute atomic E-state index is 12.5. The van der Waals surface area contributed by atoms with E-state index in [0.29, 0.717) is 25.2 Å². The van der Waals surface area contributed by atoms with Crippen LogP contribution in [0.25, 0.3) is 0 Å². The second kappa shape index (κ2) is 8.99. The molecule has 25 heavy (non-hydrogen) atoms. The molecule has 1 aliphatic heterocycles. The summed E-state index contributed by atoms with van der Waals surface area (Å²) in [4.78, 5) is 12.5. The van der Waals surface area contributed by atoms with Crippen molar-refractivity contribution in [2.75, 3.05) is 13.1 Å². The Balaban J connectivity index is 0.00000225. The monoisotopic (exact) mass is 364 g/mol. The topological polar surface area (TPSA) is 90.0 Å². The third-order valence-electron chi connectivity index (χ3n) is 4.43. The average Bonchev–Trinajstić information content (AvgIpc) is 3.03.